The van der Waals surface area contributed by atoms with Crippen LogP contribution in [-0.2, 0) is 5.41 Å². The van der Waals surface area contributed by atoms with Crippen LogP contribution in [0.3, 0.4) is 0 Å². The van der Waals surface area contributed by atoms with Crippen molar-refractivity contribution in [1.82, 2.24) is 0 Å². The highest BCUT2D eigenvalue weighted by Crippen LogP contribution is 2.36. The summed E-state index contributed by atoms with van der Waals surface area (Å²) in [5.41, 5.74) is 1.39. The molecule has 1 unspecified atom stereocenters. The maximum atomic E-state index is 5.69. The number of alkyl halides is 1. The Labute approximate surface area is 125 Å². The molecule has 19 heavy (non-hydrogen) atoms. The number of rotatable bonds is 7. The molecule has 1 atom stereocenters. The number of halogens is 1. The predicted molar refractivity (Wildman–Crippen MR) is 84.8 cm³/mol. The molecule has 0 fully saturated rings. The van der Waals surface area contributed by atoms with E-state index in [1.807, 2.05) is 19.9 Å². The van der Waals surface area contributed by atoms with Crippen LogP contribution in [0, 0.1) is 0 Å². The molecule has 0 aromatic heterocycles. The smallest absolute Gasteiger partial charge is 0.161 e. The van der Waals surface area contributed by atoms with Gasteiger partial charge in [0, 0.05) is 4.83 Å². The fraction of sp³-hybridized carbons (Fsp3) is 0.625. The van der Waals surface area contributed by atoms with Gasteiger partial charge >= 0.3 is 0 Å². The first-order valence-electron chi connectivity index (χ1n) is 6.95. The highest BCUT2D eigenvalue weighted by Gasteiger charge is 2.24. The minimum Gasteiger partial charge on any atom is -0.490 e. The minimum absolute atomic E-state index is 0.111. The lowest BCUT2D eigenvalue weighted by Crippen LogP contribution is -2.20. The molecule has 0 aliphatic rings. The summed E-state index contributed by atoms with van der Waals surface area (Å²) in [7, 11) is 0. The molecule has 0 N–H and O–H groups in total. The molecule has 0 spiro atoms. The van der Waals surface area contributed by atoms with E-state index < -0.39 is 0 Å². The molecule has 0 saturated heterocycles. The van der Waals surface area contributed by atoms with E-state index in [0.29, 0.717) is 18.0 Å². The van der Waals surface area contributed by atoms with Crippen LogP contribution in [0.5, 0.6) is 11.5 Å². The Balaban J connectivity index is 3.06. The van der Waals surface area contributed by atoms with Crippen LogP contribution in [0.25, 0.3) is 0 Å². The second-order valence-corrected chi connectivity index (χ2v) is 6.96. The van der Waals surface area contributed by atoms with Crippen molar-refractivity contribution in [1.29, 1.82) is 0 Å². The van der Waals surface area contributed by atoms with E-state index in [9.17, 15) is 0 Å². The van der Waals surface area contributed by atoms with Gasteiger partial charge in [-0.2, -0.15) is 0 Å². The molecule has 1 aromatic rings. The molecule has 0 saturated carbocycles. The molecule has 0 heterocycles. The highest BCUT2D eigenvalue weighted by atomic mass is 79.9. The molecule has 2 nitrogen and oxygen atoms in total. The van der Waals surface area contributed by atoms with Gasteiger partial charge in [-0.1, -0.05) is 42.8 Å². The Morgan fingerprint density at radius 2 is 1.68 bits per heavy atom. The number of ether oxygens (including phenoxy) is 2. The number of benzene rings is 1. The molecule has 0 aliphatic heterocycles. The van der Waals surface area contributed by atoms with Gasteiger partial charge in [0.05, 0.1) is 13.2 Å². The summed E-state index contributed by atoms with van der Waals surface area (Å²) < 4.78 is 11.3. The summed E-state index contributed by atoms with van der Waals surface area (Å²) >= 11 is 3.64. The third-order valence-corrected chi connectivity index (χ3v) is 3.44. The van der Waals surface area contributed by atoms with Crippen molar-refractivity contribution in [2.45, 2.75) is 51.3 Å². The molecule has 108 valence electrons. The lowest BCUT2D eigenvalue weighted by atomic mass is 9.80. The summed E-state index contributed by atoms with van der Waals surface area (Å²) in [5.74, 6) is 1.67. The van der Waals surface area contributed by atoms with E-state index in [1.165, 1.54) is 5.56 Å². The van der Waals surface area contributed by atoms with Gasteiger partial charge in [0.2, 0.25) is 0 Å². The third kappa shape index (κ3) is 4.72. The Bertz CT molecular complexity index is 400. The Kier molecular flexibility index (Phi) is 6.18. The van der Waals surface area contributed by atoms with E-state index in [2.05, 4.69) is 48.8 Å². The van der Waals surface area contributed by atoms with Gasteiger partial charge in [-0.25, -0.2) is 0 Å². The Morgan fingerprint density at radius 1 is 1.11 bits per heavy atom. The maximum Gasteiger partial charge on any atom is 0.161 e. The zero-order valence-corrected chi connectivity index (χ0v) is 14.2. The lowest BCUT2D eigenvalue weighted by molar-refractivity contribution is 0.286. The van der Waals surface area contributed by atoms with Gasteiger partial charge < -0.3 is 9.47 Å². The molecule has 0 radical (unpaired) electrons. The standard InChI is InChI=1S/C16H25BrO2/c1-6-18-14-9-8-13(10-15(14)19-7-2)16(4,5)11-12(3)17/h8-10,12H,6-7,11H2,1-5H3. The van der Waals surface area contributed by atoms with Crippen LogP contribution in [0.15, 0.2) is 18.2 Å². The summed E-state index contributed by atoms with van der Waals surface area (Å²) in [5, 5.41) is 0. The van der Waals surface area contributed by atoms with Crippen LogP contribution in [0.4, 0.5) is 0 Å². The zero-order chi connectivity index (χ0) is 14.5. The number of hydrogen-bond acceptors (Lipinski definition) is 2. The summed E-state index contributed by atoms with van der Waals surface area (Å²) in [6.45, 7) is 12.0. The van der Waals surface area contributed by atoms with E-state index in [0.717, 1.165) is 17.9 Å². The van der Waals surface area contributed by atoms with Crippen LogP contribution < -0.4 is 9.47 Å². The molecule has 0 amide bonds. The second kappa shape index (κ2) is 7.18. The summed E-state index contributed by atoms with van der Waals surface area (Å²) in [6, 6.07) is 6.28. The largest absolute Gasteiger partial charge is 0.490 e. The van der Waals surface area contributed by atoms with Gasteiger partial charge in [-0.15, -0.1) is 0 Å². The van der Waals surface area contributed by atoms with Gasteiger partial charge in [-0.3, -0.25) is 0 Å². The number of hydrogen-bond donors (Lipinski definition) is 0. The van der Waals surface area contributed by atoms with Crippen molar-refractivity contribution in [3.8, 4) is 11.5 Å². The van der Waals surface area contributed by atoms with Gasteiger partial charge in [0.15, 0.2) is 11.5 Å². The lowest BCUT2D eigenvalue weighted by Gasteiger charge is -2.27. The maximum absolute atomic E-state index is 5.69. The SMILES string of the molecule is CCOc1ccc(C(C)(C)CC(C)Br)cc1OCC. The van der Waals surface area contributed by atoms with Crippen LogP contribution in [0.1, 0.15) is 46.6 Å². The summed E-state index contributed by atoms with van der Waals surface area (Å²) in [6.07, 6.45) is 1.08. The molecule has 3 heteroatoms. The van der Waals surface area contributed by atoms with Crippen LogP contribution in [0.2, 0.25) is 0 Å². The highest BCUT2D eigenvalue weighted by molar-refractivity contribution is 9.09. The molecular formula is C16H25BrO2. The monoisotopic (exact) mass is 328 g/mol. The van der Waals surface area contributed by atoms with E-state index >= 15 is 0 Å². The van der Waals surface area contributed by atoms with Crippen molar-refractivity contribution in [3.05, 3.63) is 23.8 Å². The van der Waals surface area contributed by atoms with Gasteiger partial charge in [0.25, 0.3) is 0 Å². The van der Waals surface area contributed by atoms with Crippen molar-refractivity contribution in [2.75, 3.05) is 13.2 Å². The topological polar surface area (TPSA) is 18.5 Å². The van der Waals surface area contributed by atoms with E-state index in [-0.39, 0.29) is 5.41 Å². The summed E-state index contributed by atoms with van der Waals surface area (Å²) in [4.78, 5) is 0.490. The quantitative estimate of drug-likeness (QED) is 0.660. The average Bonchev–Trinajstić information content (AvgIpc) is 2.30. The molecule has 0 aliphatic carbocycles. The predicted octanol–water partition coefficient (Wildman–Crippen LogP) is 4.94. The van der Waals surface area contributed by atoms with Crippen molar-refractivity contribution < 1.29 is 9.47 Å². The van der Waals surface area contributed by atoms with E-state index in [1.54, 1.807) is 0 Å². The second-order valence-electron chi connectivity index (χ2n) is 5.40. The van der Waals surface area contributed by atoms with Crippen molar-refractivity contribution in [2.24, 2.45) is 0 Å². The van der Waals surface area contributed by atoms with Gasteiger partial charge in [0.1, 0.15) is 0 Å². The van der Waals surface area contributed by atoms with Gasteiger partial charge in [-0.05, 0) is 43.4 Å². The fourth-order valence-corrected chi connectivity index (χ4v) is 3.10. The normalized spacial score (nSPS) is 13.2. The van der Waals surface area contributed by atoms with E-state index in [4.69, 9.17) is 9.47 Å². The Hall–Kier alpha value is -0.700. The fourth-order valence-electron chi connectivity index (χ4n) is 2.29. The first kappa shape index (κ1) is 16.4. The molecule has 0 bridgehead atoms. The van der Waals surface area contributed by atoms with Crippen molar-refractivity contribution >= 4 is 15.9 Å². The van der Waals surface area contributed by atoms with Crippen LogP contribution >= 0.6 is 15.9 Å². The Morgan fingerprint density at radius 3 is 2.21 bits per heavy atom. The van der Waals surface area contributed by atoms with Crippen LogP contribution in [-0.4, -0.2) is 18.0 Å². The third-order valence-electron chi connectivity index (χ3n) is 3.12. The first-order valence-corrected chi connectivity index (χ1v) is 7.86. The molecule has 1 aromatic carbocycles. The average molecular weight is 329 g/mol. The molecular weight excluding hydrogens is 304 g/mol. The van der Waals surface area contributed by atoms with Crippen molar-refractivity contribution in [3.63, 3.8) is 0 Å². The zero-order valence-electron chi connectivity index (χ0n) is 12.6. The minimum atomic E-state index is 0.111. The molecule has 1 rings (SSSR count). The first-order chi connectivity index (χ1) is 8.90.